The molecule has 0 fully saturated rings. The van der Waals surface area contributed by atoms with E-state index in [1.165, 1.54) is 27.0 Å². The Labute approximate surface area is 128 Å². The average Bonchev–Trinajstić information content (AvgIpc) is 3.01. The van der Waals surface area contributed by atoms with Gasteiger partial charge in [-0.1, -0.05) is 5.16 Å². The summed E-state index contributed by atoms with van der Waals surface area (Å²) in [5.41, 5.74) is 0.211. The summed E-state index contributed by atoms with van der Waals surface area (Å²) in [4.78, 5) is 12.0. The zero-order valence-electron chi connectivity index (χ0n) is 12.7. The van der Waals surface area contributed by atoms with E-state index in [-0.39, 0.29) is 16.3 Å². The van der Waals surface area contributed by atoms with Crippen LogP contribution in [0.5, 0.6) is 0 Å². The predicted molar refractivity (Wildman–Crippen MR) is 78.4 cm³/mol. The summed E-state index contributed by atoms with van der Waals surface area (Å²) in [7, 11) is -2.83. The van der Waals surface area contributed by atoms with E-state index < -0.39 is 15.9 Å². The van der Waals surface area contributed by atoms with Crippen LogP contribution in [-0.2, 0) is 14.8 Å². The summed E-state index contributed by atoms with van der Waals surface area (Å²) in [5.74, 6) is 0.606. The molecule has 0 N–H and O–H groups in total. The number of nitrogens with zero attached hydrogens (tertiary/aromatic N) is 2. The first-order valence-corrected chi connectivity index (χ1v) is 7.87. The number of rotatable bonds is 4. The van der Waals surface area contributed by atoms with E-state index in [0.717, 1.165) is 6.08 Å². The average molecular weight is 324 g/mol. The Morgan fingerprint density at radius 2 is 1.95 bits per heavy atom. The van der Waals surface area contributed by atoms with Crippen molar-refractivity contribution >= 4 is 22.0 Å². The number of likely N-dealkylation sites (N-methyl/N-ethyl adjacent to an activating group) is 1. The zero-order valence-corrected chi connectivity index (χ0v) is 13.5. The summed E-state index contributed by atoms with van der Waals surface area (Å²) in [6, 6.07) is 3.43. The van der Waals surface area contributed by atoms with Crippen molar-refractivity contribution in [2.45, 2.75) is 25.7 Å². The van der Waals surface area contributed by atoms with Gasteiger partial charge in [-0.15, -0.1) is 0 Å². The molecule has 0 unspecified atom stereocenters. The van der Waals surface area contributed by atoms with Crippen LogP contribution in [-0.4, -0.2) is 30.8 Å². The molecule has 0 saturated carbocycles. The zero-order chi connectivity index (χ0) is 16.5. The maximum atomic E-state index is 12.4. The number of amides is 1. The second kappa shape index (κ2) is 5.80. The number of hydrogen-bond donors (Lipinski definition) is 0. The van der Waals surface area contributed by atoms with E-state index in [2.05, 4.69) is 5.16 Å². The Balaban J connectivity index is 2.25. The number of carbonyl (C=O) groups is 1. The van der Waals surface area contributed by atoms with Gasteiger partial charge in [-0.3, -0.25) is 4.79 Å². The first kappa shape index (κ1) is 16.0. The molecule has 0 aliphatic carbocycles. The fourth-order valence-electron chi connectivity index (χ4n) is 1.90. The molecule has 0 aromatic carbocycles. The van der Waals surface area contributed by atoms with Crippen LogP contribution in [0.4, 0.5) is 0 Å². The number of aryl methyl sites for hydroxylation is 3. The van der Waals surface area contributed by atoms with Crippen molar-refractivity contribution in [2.24, 2.45) is 0 Å². The Morgan fingerprint density at radius 3 is 2.45 bits per heavy atom. The van der Waals surface area contributed by atoms with E-state index in [1.807, 2.05) is 0 Å². The molecular weight excluding hydrogens is 308 g/mol. The maximum Gasteiger partial charge on any atom is 0.271 e. The van der Waals surface area contributed by atoms with Crippen LogP contribution in [0.1, 0.15) is 23.0 Å². The van der Waals surface area contributed by atoms with Gasteiger partial charge >= 0.3 is 0 Å². The van der Waals surface area contributed by atoms with Gasteiger partial charge in [0.1, 0.15) is 17.2 Å². The molecule has 0 radical (unpaired) electrons. The highest BCUT2D eigenvalue weighted by molar-refractivity contribution is 7.89. The van der Waals surface area contributed by atoms with Gasteiger partial charge in [-0.25, -0.2) is 12.7 Å². The van der Waals surface area contributed by atoms with Gasteiger partial charge in [0.15, 0.2) is 10.7 Å². The van der Waals surface area contributed by atoms with Crippen LogP contribution >= 0.6 is 0 Å². The minimum absolute atomic E-state index is 0.0920. The van der Waals surface area contributed by atoms with E-state index in [4.69, 9.17) is 8.94 Å². The fourth-order valence-corrected chi connectivity index (χ4v) is 3.28. The molecule has 0 bridgehead atoms. The van der Waals surface area contributed by atoms with Crippen LogP contribution in [0.25, 0.3) is 6.08 Å². The van der Waals surface area contributed by atoms with Gasteiger partial charge in [0.25, 0.3) is 15.9 Å². The van der Waals surface area contributed by atoms with Crippen molar-refractivity contribution in [3.63, 3.8) is 0 Å². The highest BCUT2D eigenvalue weighted by Gasteiger charge is 2.30. The van der Waals surface area contributed by atoms with Gasteiger partial charge in [0, 0.05) is 13.1 Å². The normalized spacial score (nSPS) is 12.0. The lowest BCUT2D eigenvalue weighted by Crippen LogP contribution is -2.32. The molecule has 22 heavy (non-hydrogen) atoms. The van der Waals surface area contributed by atoms with E-state index >= 15 is 0 Å². The second-order valence-corrected chi connectivity index (χ2v) is 6.65. The monoisotopic (exact) mass is 324 g/mol. The number of hydrogen-bond acceptors (Lipinski definition) is 6. The third-order valence-electron chi connectivity index (χ3n) is 3.05. The van der Waals surface area contributed by atoms with E-state index in [9.17, 15) is 13.2 Å². The van der Waals surface area contributed by atoms with Gasteiger partial charge in [0.2, 0.25) is 0 Å². The lowest BCUT2D eigenvalue weighted by Gasteiger charge is -2.15. The quantitative estimate of drug-likeness (QED) is 0.799. The molecule has 0 aliphatic heterocycles. The Bertz CT molecular complexity index is 810. The number of sulfonamides is 1. The maximum absolute atomic E-state index is 12.4. The molecule has 2 aromatic rings. The molecule has 0 atom stereocenters. The first-order valence-electron chi connectivity index (χ1n) is 6.43. The molecule has 0 spiro atoms. The topological polar surface area (TPSA) is 93.6 Å². The molecule has 1 amide bonds. The molecule has 0 saturated heterocycles. The van der Waals surface area contributed by atoms with Gasteiger partial charge < -0.3 is 8.94 Å². The molecule has 2 rings (SSSR count). The van der Waals surface area contributed by atoms with E-state index in [0.29, 0.717) is 15.8 Å². The Hall–Kier alpha value is -2.35. The summed E-state index contributed by atoms with van der Waals surface area (Å²) >= 11 is 0. The third-order valence-corrected chi connectivity index (χ3v) is 5.05. The fraction of sp³-hybridized carbons (Fsp3) is 0.286. The van der Waals surface area contributed by atoms with Gasteiger partial charge in [-0.2, -0.15) is 0 Å². The predicted octanol–water partition coefficient (Wildman–Crippen LogP) is 2.05. The first-order chi connectivity index (χ1) is 10.2. The van der Waals surface area contributed by atoms with Crippen LogP contribution in [0.15, 0.2) is 32.0 Å². The third kappa shape index (κ3) is 2.96. The van der Waals surface area contributed by atoms with Crippen molar-refractivity contribution in [2.75, 3.05) is 7.05 Å². The van der Waals surface area contributed by atoms with Crippen LogP contribution in [0.2, 0.25) is 0 Å². The molecule has 7 nitrogen and oxygen atoms in total. The summed E-state index contributed by atoms with van der Waals surface area (Å²) in [5, 5.41) is 3.60. The summed E-state index contributed by atoms with van der Waals surface area (Å²) in [6.07, 6.45) is 2.54. The van der Waals surface area contributed by atoms with E-state index in [1.54, 1.807) is 19.1 Å². The molecule has 2 heterocycles. The van der Waals surface area contributed by atoms with Crippen molar-refractivity contribution in [1.29, 1.82) is 0 Å². The van der Waals surface area contributed by atoms with Gasteiger partial charge in [-0.05, 0) is 39.0 Å². The summed E-state index contributed by atoms with van der Waals surface area (Å²) < 4.78 is 35.6. The smallest absolute Gasteiger partial charge is 0.271 e. The van der Waals surface area contributed by atoms with Crippen molar-refractivity contribution in [1.82, 2.24) is 9.46 Å². The minimum Gasteiger partial charge on any atom is -0.462 e. The molecule has 8 heteroatoms. The second-order valence-electron chi connectivity index (χ2n) is 4.75. The number of carbonyl (C=O) groups excluding carboxylic acids is 1. The summed E-state index contributed by atoms with van der Waals surface area (Å²) in [6.45, 7) is 4.75. The SMILES string of the molecule is Cc1ccc(/C=C/C(=O)N(C)S(=O)(=O)c2c(C)noc2C)o1. The van der Waals surface area contributed by atoms with Crippen LogP contribution < -0.4 is 0 Å². The lowest BCUT2D eigenvalue weighted by atomic mass is 10.4. The highest BCUT2D eigenvalue weighted by Crippen LogP contribution is 2.22. The van der Waals surface area contributed by atoms with Crippen molar-refractivity contribution in [3.05, 3.63) is 41.2 Å². The molecular formula is C14H16N2O5S. The van der Waals surface area contributed by atoms with Crippen molar-refractivity contribution < 1.29 is 22.2 Å². The Kier molecular flexibility index (Phi) is 4.23. The molecule has 2 aromatic heterocycles. The minimum atomic E-state index is -4.01. The van der Waals surface area contributed by atoms with Gasteiger partial charge in [0.05, 0.1) is 0 Å². The molecule has 0 aliphatic rings. The van der Waals surface area contributed by atoms with Crippen LogP contribution in [0, 0.1) is 20.8 Å². The van der Waals surface area contributed by atoms with Crippen LogP contribution in [0.3, 0.4) is 0 Å². The molecule has 118 valence electrons. The highest BCUT2D eigenvalue weighted by atomic mass is 32.2. The largest absolute Gasteiger partial charge is 0.462 e. The lowest BCUT2D eigenvalue weighted by molar-refractivity contribution is -0.120. The number of aromatic nitrogens is 1. The Morgan fingerprint density at radius 1 is 1.27 bits per heavy atom. The standard InChI is InChI=1S/C14H16N2O5S/c1-9-5-6-12(20-9)7-8-13(17)16(4)22(18,19)14-10(2)15-21-11(14)3/h5-8H,1-4H3/b8-7+. The van der Waals surface area contributed by atoms with Crippen molar-refractivity contribution in [3.8, 4) is 0 Å². The number of furan rings is 1.